The lowest BCUT2D eigenvalue weighted by Crippen LogP contribution is -2.38. The Morgan fingerprint density at radius 3 is 3.00 bits per heavy atom. The Morgan fingerprint density at radius 1 is 1.45 bits per heavy atom. The van der Waals surface area contributed by atoms with Crippen LogP contribution in [-0.2, 0) is 0 Å². The van der Waals surface area contributed by atoms with E-state index in [1.165, 1.54) is 24.6 Å². The first-order chi connectivity index (χ1) is 9.70. The fourth-order valence-electron chi connectivity index (χ4n) is 2.72. The predicted octanol–water partition coefficient (Wildman–Crippen LogP) is 3.61. The first-order valence-corrected chi connectivity index (χ1v) is 8.09. The smallest absolute Gasteiger partial charge is 0.252 e. The molecule has 0 aliphatic heterocycles. The zero-order chi connectivity index (χ0) is 14.4. The van der Waals surface area contributed by atoms with E-state index in [0.717, 1.165) is 17.7 Å². The van der Waals surface area contributed by atoms with Crippen LogP contribution in [0.2, 0.25) is 0 Å². The van der Waals surface area contributed by atoms with Crippen molar-refractivity contribution in [3.05, 3.63) is 29.8 Å². The van der Waals surface area contributed by atoms with Gasteiger partial charge in [0.2, 0.25) is 0 Å². The quantitative estimate of drug-likeness (QED) is 0.861. The Morgan fingerprint density at radius 2 is 2.25 bits per heavy atom. The van der Waals surface area contributed by atoms with Crippen LogP contribution in [0.5, 0.6) is 0 Å². The molecular formula is C16H20N2OS. The van der Waals surface area contributed by atoms with Gasteiger partial charge in [-0.1, -0.05) is 31.9 Å². The molecule has 1 N–H and O–H groups in total. The SMILES string of the molecule is CC1CCCC(NC(=O)c2ccccc2SCC#N)C1. The number of hydrogen-bond donors (Lipinski definition) is 1. The Hall–Kier alpha value is -1.47. The molecular weight excluding hydrogens is 268 g/mol. The predicted molar refractivity (Wildman–Crippen MR) is 81.7 cm³/mol. The lowest BCUT2D eigenvalue weighted by molar-refractivity contribution is 0.0918. The summed E-state index contributed by atoms with van der Waals surface area (Å²) in [6, 6.07) is 9.90. The van der Waals surface area contributed by atoms with Crippen LogP contribution in [0.1, 0.15) is 43.0 Å². The van der Waals surface area contributed by atoms with Crippen LogP contribution in [0, 0.1) is 17.2 Å². The van der Waals surface area contributed by atoms with Crippen molar-refractivity contribution in [2.24, 2.45) is 5.92 Å². The molecule has 0 saturated heterocycles. The van der Waals surface area contributed by atoms with Crippen LogP contribution >= 0.6 is 11.8 Å². The molecule has 0 bridgehead atoms. The van der Waals surface area contributed by atoms with Crippen molar-refractivity contribution in [1.82, 2.24) is 5.32 Å². The Labute approximate surface area is 124 Å². The molecule has 1 fully saturated rings. The van der Waals surface area contributed by atoms with E-state index in [0.29, 0.717) is 23.3 Å². The number of nitriles is 1. The third kappa shape index (κ3) is 4.01. The summed E-state index contributed by atoms with van der Waals surface area (Å²) in [5.74, 6) is 1.05. The molecule has 1 aliphatic rings. The van der Waals surface area contributed by atoms with Crippen molar-refractivity contribution in [2.75, 3.05) is 5.75 Å². The summed E-state index contributed by atoms with van der Waals surface area (Å²) in [6.07, 6.45) is 4.60. The van der Waals surface area contributed by atoms with Gasteiger partial charge in [0.1, 0.15) is 0 Å². The second-order valence-corrected chi connectivity index (χ2v) is 6.40. The molecule has 0 aromatic heterocycles. The van der Waals surface area contributed by atoms with Gasteiger partial charge in [0.25, 0.3) is 5.91 Å². The van der Waals surface area contributed by atoms with Gasteiger partial charge in [0.05, 0.1) is 17.4 Å². The second-order valence-electron chi connectivity index (χ2n) is 5.39. The number of rotatable bonds is 4. The van der Waals surface area contributed by atoms with Gasteiger partial charge >= 0.3 is 0 Å². The molecule has 2 atom stereocenters. The molecule has 1 aromatic rings. The van der Waals surface area contributed by atoms with Crippen LogP contribution in [0.15, 0.2) is 29.2 Å². The van der Waals surface area contributed by atoms with Crippen molar-refractivity contribution < 1.29 is 4.79 Å². The van der Waals surface area contributed by atoms with E-state index in [-0.39, 0.29) is 5.91 Å². The number of nitrogens with one attached hydrogen (secondary N) is 1. The highest BCUT2D eigenvalue weighted by molar-refractivity contribution is 7.99. The number of benzene rings is 1. The highest BCUT2D eigenvalue weighted by Gasteiger charge is 2.21. The second kappa shape index (κ2) is 7.35. The summed E-state index contributed by atoms with van der Waals surface area (Å²) in [7, 11) is 0. The third-order valence-corrected chi connectivity index (χ3v) is 4.64. The van der Waals surface area contributed by atoms with Crippen LogP contribution in [0.4, 0.5) is 0 Å². The van der Waals surface area contributed by atoms with Crippen molar-refractivity contribution in [3.8, 4) is 6.07 Å². The van der Waals surface area contributed by atoms with Gasteiger partial charge in [-0.05, 0) is 30.9 Å². The summed E-state index contributed by atoms with van der Waals surface area (Å²) in [6.45, 7) is 2.25. The van der Waals surface area contributed by atoms with Crippen molar-refractivity contribution in [1.29, 1.82) is 5.26 Å². The van der Waals surface area contributed by atoms with Crippen LogP contribution in [0.25, 0.3) is 0 Å². The zero-order valence-electron chi connectivity index (χ0n) is 11.8. The lowest BCUT2D eigenvalue weighted by Gasteiger charge is -2.27. The highest BCUT2D eigenvalue weighted by atomic mass is 32.2. The third-order valence-electron chi connectivity index (χ3n) is 3.70. The van der Waals surface area contributed by atoms with Crippen LogP contribution in [-0.4, -0.2) is 17.7 Å². The van der Waals surface area contributed by atoms with Crippen molar-refractivity contribution >= 4 is 17.7 Å². The summed E-state index contributed by atoms with van der Waals surface area (Å²) in [5, 5.41) is 11.8. The number of carbonyl (C=O) groups excluding carboxylic acids is 1. The van der Waals surface area contributed by atoms with Gasteiger partial charge in [-0.15, -0.1) is 11.8 Å². The normalized spacial score (nSPS) is 22.0. The lowest BCUT2D eigenvalue weighted by atomic mass is 9.87. The number of carbonyl (C=O) groups is 1. The van der Waals surface area contributed by atoms with E-state index in [9.17, 15) is 4.79 Å². The molecule has 0 radical (unpaired) electrons. The van der Waals surface area contributed by atoms with Crippen LogP contribution in [0.3, 0.4) is 0 Å². The van der Waals surface area contributed by atoms with Gasteiger partial charge < -0.3 is 5.32 Å². The molecule has 0 spiro atoms. The Kier molecular flexibility index (Phi) is 5.49. The molecule has 1 amide bonds. The summed E-state index contributed by atoms with van der Waals surface area (Å²) in [4.78, 5) is 13.3. The van der Waals surface area contributed by atoms with Crippen LogP contribution < -0.4 is 5.32 Å². The number of thioether (sulfide) groups is 1. The minimum atomic E-state index is -0.00913. The van der Waals surface area contributed by atoms with Crippen molar-refractivity contribution in [2.45, 2.75) is 43.5 Å². The van der Waals surface area contributed by atoms with Crippen molar-refractivity contribution in [3.63, 3.8) is 0 Å². The summed E-state index contributed by atoms with van der Waals surface area (Å²) >= 11 is 1.42. The monoisotopic (exact) mass is 288 g/mol. The molecule has 4 heteroatoms. The van der Waals surface area contributed by atoms with E-state index in [4.69, 9.17) is 5.26 Å². The highest BCUT2D eigenvalue weighted by Crippen LogP contribution is 2.25. The maximum absolute atomic E-state index is 12.4. The molecule has 0 heterocycles. The average molecular weight is 288 g/mol. The first kappa shape index (κ1) is 14.9. The van der Waals surface area contributed by atoms with Gasteiger partial charge in [-0.2, -0.15) is 5.26 Å². The molecule has 106 valence electrons. The fraction of sp³-hybridized carbons (Fsp3) is 0.500. The molecule has 1 saturated carbocycles. The maximum atomic E-state index is 12.4. The summed E-state index contributed by atoms with van der Waals surface area (Å²) < 4.78 is 0. The van der Waals surface area contributed by atoms with Gasteiger partial charge in [0, 0.05) is 10.9 Å². The minimum absolute atomic E-state index is 0.00913. The number of nitrogens with zero attached hydrogens (tertiary/aromatic N) is 1. The first-order valence-electron chi connectivity index (χ1n) is 7.10. The number of amides is 1. The van der Waals surface area contributed by atoms with Gasteiger partial charge in [-0.3, -0.25) is 4.79 Å². The fourth-order valence-corrected chi connectivity index (χ4v) is 3.43. The number of hydrogen-bond acceptors (Lipinski definition) is 3. The van der Waals surface area contributed by atoms with E-state index >= 15 is 0 Å². The molecule has 2 rings (SSSR count). The molecule has 1 aliphatic carbocycles. The molecule has 2 unspecified atom stereocenters. The Balaban J connectivity index is 2.03. The molecule has 3 nitrogen and oxygen atoms in total. The standard InChI is InChI=1S/C16H20N2OS/c1-12-5-4-6-13(11-12)18-16(19)14-7-2-3-8-15(14)20-10-9-17/h2-3,7-8,12-13H,4-6,10-11H2,1H3,(H,18,19). The average Bonchev–Trinajstić information content (AvgIpc) is 2.45. The topological polar surface area (TPSA) is 52.9 Å². The van der Waals surface area contributed by atoms with E-state index < -0.39 is 0 Å². The Bertz CT molecular complexity index is 509. The minimum Gasteiger partial charge on any atom is -0.349 e. The molecule has 20 heavy (non-hydrogen) atoms. The largest absolute Gasteiger partial charge is 0.349 e. The van der Waals surface area contributed by atoms with E-state index in [2.05, 4.69) is 18.3 Å². The molecule has 1 aromatic carbocycles. The maximum Gasteiger partial charge on any atom is 0.252 e. The van der Waals surface area contributed by atoms with Gasteiger partial charge in [-0.25, -0.2) is 0 Å². The summed E-state index contributed by atoms with van der Waals surface area (Å²) in [5.41, 5.74) is 0.686. The van der Waals surface area contributed by atoms with Gasteiger partial charge in [0.15, 0.2) is 0 Å². The van der Waals surface area contributed by atoms with E-state index in [1.54, 1.807) is 0 Å². The van der Waals surface area contributed by atoms with E-state index in [1.807, 2.05) is 24.3 Å². The zero-order valence-corrected chi connectivity index (χ0v) is 12.6.